The third kappa shape index (κ3) is 3.98. The van der Waals surface area contributed by atoms with E-state index in [1.54, 1.807) is 0 Å². The monoisotopic (exact) mass is 277 g/mol. The molecule has 1 aliphatic heterocycles. The van der Waals surface area contributed by atoms with Crippen LogP contribution in [0.5, 0.6) is 0 Å². The quantitative estimate of drug-likeness (QED) is 0.914. The zero-order chi connectivity index (χ0) is 13.6. The maximum absolute atomic E-state index is 5.67. The van der Waals surface area contributed by atoms with Crippen LogP contribution in [0, 0.1) is 0 Å². The number of rotatable bonds is 4. The first kappa shape index (κ1) is 13.9. The lowest BCUT2D eigenvalue weighted by Crippen LogP contribution is -2.20. The van der Waals surface area contributed by atoms with E-state index in [1.165, 1.54) is 63.5 Å². The van der Waals surface area contributed by atoms with Crippen molar-refractivity contribution in [2.75, 3.05) is 11.9 Å². The lowest BCUT2D eigenvalue weighted by Gasteiger charge is -2.21. The van der Waals surface area contributed by atoms with Gasteiger partial charge in [-0.15, -0.1) is 0 Å². The maximum Gasteiger partial charge on any atom is 0.0771 e. The molecule has 1 saturated carbocycles. The van der Waals surface area contributed by atoms with Gasteiger partial charge in [0.15, 0.2) is 0 Å². The molecule has 0 bridgehead atoms. The van der Waals surface area contributed by atoms with Crippen LogP contribution in [0.15, 0.2) is 12.4 Å². The van der Waals surface area contributed by atoms with E-state index in [9.17, 15) is 0 Å². The Morgan fingerprint density at radius 1 is 1.10 bits per heavy atom. The van der Waals surface area contributed by atoms with Crippen molar-refractivity contribution in [1.82, 2.24) is 9.78 Å². The van der Waals surface area contributed by atoms with Crippen LogP contribution in [0.1, 0.15) is 57.8 Å². The first-order chi connectivity index (χ1) is 9.90. The molecule has 2 aliphatic rings. The third-order valence-electron chi connectivity index (χ3n) is 4.52. The number of anilines is 1. The van der Waals surface area contributed by atoms with Gasteiger partial charge in [-0.25, -0.2) is 0 Å². The molecule has 112 valence electrons. The molecule has 0 spiro atoms. The fourth-order valence-corrected chi connectivity index (χ4v) is 3.37. The van der Waals surface area contributed by atoms with Gasteiger partial charge in [0, 0.05) is 18.8 Å². The van der Waals surface area contributed by atoms with Gasteiger partial charge in [-0.3, -0.25) is 4.68 Å². The van der Waals surface area contributed by atoms with Crippen LogP contribution in [0.25, 0.3) is 0 Å². The van der Waals surface area contributed by atoms with E-state index in [2.05, 4.69) is 16.6 Å². The highest BCUT2D eigenvalue weighted by Gasteiger charge is 2.17. The van der Waals surface area contributed by atoms with Crippen LogP contribution >= 0.6 is 0 Å². The minimum Gasteiger partial charge on any atom is -0.380 e. The minimum absolute atomic E-state index is 0.365. The summed E-state index contributed by atoms with van der Waals surface area (Å²) in [6.45, 7) is 1.81. The molecule has 1 N–H and O–H groups in total. The van der Waals surface area contributed by atoms with E-state index >= 15 is 0 Å². The van der Waals surface area contributed by atoms with Gasteiger partial charge in [-0.2, -0.15) is 5.10 Å². The Morgan fingerprint density at radius 3 is 2.65 bits per heavy atom. The molecule has 1 aromatic rings. The first-order valence-corrected chi connectivity index (χ1v) is 8.31. The van der Waals surface area contributed by atoms with E-state index in [0.29, 0.717) is 12.1 Å². The van der Waals surface area contributed by atoms with Crippen molar-refractivity contribution in [3.05, 3.63) is 12.4 Å². The first-order valence-electron chi connectivity index (χ1n) is 8.31. The fourth-order valence-electron chi connectivity index (χ4n) is 3.37. The van der Waals surface area contributed by atoms with E-state index in [0.717, 1.165) is 13.2 Å². The SMILES string of the molecule is c1nn(CC2CCCO2)cc1NC1CCCCCCC1. The van der Waals surface area contributed by atoms with Crippen molar-refractivity contribution in [1.29, 1.82) is 0 Å². The summed E-state index contributed by atoms with van der Waals surface area (Å²) in [6, 6.07) is 0.635. The predicted molar refractivity (Wildman–Crippen MR) is 80.9 cm³/mol. The van der Waals surface area contributed by atoms with Gasteiger partial charge in [-0.1, -0.05) is 32.1 Å². The number of ether oxygens (including phenoxy) is 1. The molecule has 4 nitrogen and oxygen atoms in total. The molecule has 3 rings (SSSR count). The zero-order valence-corrected chi connectivity index (χ0v) is 12.4. The van der Waals surface area contributed by atoms with Gasteiger partial charge < -0.3 is 10.1 Å². The number of hydrogen-bond acceptors (Lipinski definition) is 3. The maximum atomic E-state index is 5.67. The Labute approximate surface area is 121 Å². The molecule has 1 atom stereocenters. The molecule has 1 saturated heterocycles. The van der Waals surface area contributed by atoms with Crippen molar-refractivity contribution in [3.8, 4) is 0 Å². The highest BCUT2D eigenvalue weighted by atomic mass is 16.5. The molecule has 0 radical (unpaired) electrons. The van der Waals surface area contributed by atoms with Crippen LogP contribution in [-0.4, -0.2) is 28.5 Å². The largest absolute Gasteiger partial charge is 0.380 e. The normalized spacial score (nSPS) is 25.3. The van der Waals surface area contributed by atoms with Gasteiger partial charge in [0.05, 0.1) is 24.5 Å². The molecular weight excluding hydrogens is 250 g/mol. The van der Waals surface area contributed by atoms with Gasteiger partial charge in [0.1, 0.15) is 0 Å². The minimum atomic E-state index is 0.365. The van der Waals surface area contributed by atoms with E-state index in [4.69, 9.17) is 4.74 Å². The van der Waals surface area contributed by atoms with Crippen molar-refractivity contribution in [2.24, 2.45) is 0 Å². The van der Waals surface area contributed by atoms with Crippen LogP contribution in [0.4, 0.5) is 5.69 Å². The van der Waals surface area contributed by atoms with E-state index in [1.807, 2.05) is 10.9 Å². The summed E-state index contributed by atoms with van der Waals surface area (Å²) in [7, 11) is 0. The topological polar surface area (TPSA) is 39.1 Å². The molecule has 1 aliphatic carbocycles. The van der Waals surface area contributed by atoms with Crippen LogP contribution in [0.2, 0.25) is 0 Å². The lowest BCUT2D eigenvalue weighted by molar-refractivity contribution is 0.0940. The molecule has 2 fully saturated rings. The molecule has 2 heterocycles. The van der Waals surface area contributed by atoms with Crippen molar-refractivity contribution < 1.29 is 4.74 Å². The second kappa shape index (κ2) is 7.11. The number of nitrogens with zero attached hydrogens (tertiary/aromatic N) is 2. The second-order valence-electron chi connectivity index (χ2n) is 6.27. The summed E-state index contributed by atoms with van der Waals surface area (Å²) in [5, 5.41) is 8.13. The molecule has 1 unspecified atom stereocenters. The second-order valence-corrected chi connectivity index (χ2v) is 6.27. The highest BCUT2D eigenvalue weighted by Crippen LogP contribution is 2.21. The third-order valence-corrected chi connectivity index (χ3v) is 4.52. The fraction of sp³-hybridized carbons (Fsp3) is 0.812. The Kier molecular flexibility index (Phi) is 4.96. The summed E-state index contributed by atoms with van der Waals surface area (Å²) in [6.07, 6.45) is 16.4. The summed E-state index contributed by atoms with van der Waals surface area (Å²) < 4.78 is 7.69. The van der Waals surface area contributed by atoms with Gasteiger partial charge in [-0.05, 0) is 25.7 Å². The van der Waals surface area contributed by atoms with Crippen molar-refractivity contribution >= 4 is 5.69 Å². The molecule has 0 amide bonds. The Bertz CT molecular complexity index is 390. The molecule has 1 aromatic heterocycles. The van der Waals surface area contributed by atoms with Gasteiger partial charge >= 0.3 is 0 Å². The van der Waals surface area contributed by atoms with Crippen LogP contribution in [0.3, 0.4) is 0 Å². The van der Waals surface area contributed by atoms with Gasteiger partial charge in [0.25, 0.3) is 0 Å². The average Bonchev–Trinajstić information content (AvgIpc) is 3.05. The number of nitrogens with one attached hydrogen (secondary N) is 1. The Morgan fingerprint density at radius 2 is 1.90 bits per heavy atom. The van der Waals surface area contributed by atoms with Crippen molar-refractivity contribution in [2.45, 2.75) is 76.5 Å². The van der Waals surface area contributed by atoms with Crippen molar-refractivity contribution in [3.63, 3.8) is 0 Å². The summed E-state index contributed by atoms with van der Waals surface area (Å²) in [5.41, 5.74) is 1.17. The average molecular weight is 277 g/mol. The summed E-state index contributed by atoms with van der Waals surface area (Å²) in [5.74, 6) is 0. The van der Waals surface area contributed by atoms with Gasteiger partial charge in [0.2, 0.25) is 0 Å². The van der Waals surface area contributed by atoms with E-state index in [-0.39, 0.29) is 0 Å². The van der Waals surface area contributed by atoms with Crippen LogP contribution < -0.4 is 5.32 Å². The Balaban J connectivity index is 1.50. The molecule has 4 heteroatoms. The predicted octanol–water partition coefficient (Wildman–Crippen LogP) is 3.59. The Hall–Kier alpha value is -1.03. The van der Waals surface area contributed by atoms with E-state index < -0.39 is 0 Å². The lowest BCUT2D eigenvalue weighted by atomic mass is 9.97. The number of hydrogen-bond donors (Lipinski definition) is 1. The molecule has 0 aromatic carbocycles. The highest BCUT2D eigenvalue weighted by molar-refractivity contribution is 5.39. The smallest absolute Gasteiger partial charge is 0.0771 e. The summed E-state index contributed by atoms with van der Waals surface area (Å²) >= 11 is 0. The standard InChI is InChI=1S/C16H27N3O/c1-2-4-7-14(8-5-3-1)18-15-11-17-19(12-15)13-16-9-6-10-20-16/h11-12,14,16,18H,1-10,13H2. The zero-order valence-electron chi connectivity index (χ0n) is 12.4. The number of aromatic nitrogens is 2. The molecular formula is C16H27N3O. The summed E-state index contributed by atoms with van der Waals surface area (Å²) in [4.78, 5) is 0. The molecule has 20 heavy (non-hydrogen) atoms. The van der Waals surface area contributed by atoms with Crippen LogP contribution in [-0.2, 0) is 11.3 Å².